The van der Waals surface area contributed by atoms with Gasteiger partial charge < -0.3 is 15.2 Å². The molecule has 2 atom stereocenters. The highest BCUT2D eigenvalue weighted by Crippen LogP contribution is 2.21. The van der Waals surface area contributed by atoms with E-state index in [4.69, 9.17) is 9.84 Å². The van der Waals surface area contributed by atoms with Gasteiger partial charge >= 0.3 is 5.97 Å². The largest absolute Gasteiger partial charge is 0.481 e. The Balaban J connectivity index is 2.46. The van der Waals surface area contributed by atoms with Crippen molar-refractivity contribution in [2.45, 2.75) is 51.7 Å². The Morgan fingerprint density at radius 1 is 1.47 bits per heavy atom. The summed E-state index contributed by atoms with van der Waals surface area (Å²) in [5.41, 5.74) is -0.513. The molecular formula is C12H21NO4. The monoisotopic (exact) mass is 243 g/mol. The predicted octanol–water partition coefficient (Wildman–Crippen LogP) is 1.17. The second-order valence-electron chi connectivity index (χ2n) is 5.32. The fourth-order valence-electron chi connectivity index (χ4n) is 1.92. The van der Waals surface area contributed by atoms with Gasteiger partial charge in [-0.15, -0.1) is 0 Å². The van der Waals surface area contributed by atoms with E-state index in [0.29, 0.717) is 13.0 Å². The molecule has 0 spiro atoms. The minimum atomic E-state index is -0.849. The summed E-state index contributed by atoms with van der Waals surface area (Å²) in [6.07, 6.45) is 0.969. The van der Waals surface area contributed by atoms with E-state index in [1.54, 1.807) is 0 Å². The molecule has 0 aromatic rings. The molecule has 1 amide bonds. The topological polar surface area (TPSA) is 75.6 Å². The second-order valence-corrected chi connectivity index (χ2v) is 5.32. The van der Waals surface area contributed by atoms with E-state index >= 15 is 0 Å². The van der Waals surface area contributed by atoms with Crippen LogP contribution in [0.15, 0.2) is 0 Å². The summed E-state index contributed by atoms with van der Waals surface area (Å²) in [6.45, 7) is 6.26. The first-order chi connectivity index (χ1) is 7.82. The van der Waals surface area contributed by atoms with Crippen LogP contribution in [0.4, 0.5) is 0 Å². The molecule has 1 aliphatic rings. The third-order valence-electron chi connectivity index (χ3n) is 3.07. The van der Waals surface area contributed by atoms with Crippen LogP contribution in [0, 0.1) is 5.92 Å². The zero-order valence-corrected chi connectivity index (χ0v) is 10.7. The zero-order valence-electron chi connectivity index (χ0n) is 10.7. The van der Waals surface area contributed by atoms with E-state index in [-0.39, 0.29) is 24.3 Å². The Bertz CT molecular complexity index is 301. The van der Waals surface area contributed by atoms with Crippen molar-refractivity contribution in [3.8, 4) is 0 Å². The molecule has 1 saturated heterocycles. The van der Waals surface area contributed by atoms with Gasteiger partial charge in [0.15, 0.2) is 0 Å². The van der Waals surface area contributed by atoms with Gasteiger partial charge in [-0.3, -0.25) is 9.59 Å². The summed E-state index contributed by atoms with van der Waals surface area (Å²) in [6, 6.07) is 0. The maximum Gasteiger partial charge on any atom is 0.303 e. The first kappa shape index (κ1) is 14.0. The summed E-state index contributed by atoms with van der Waals surface area (Å²) in [4.78, 5) is 22.4. The van der Waals surface area contributed by atoms with Crippen molar-refractivity contribution in [1.82, 2.24) is 5.32 Å². The maximum absolute atomic E-state index is 11.9. The van der Waals surface area contributed by atoms with Crippen LogP contribution in [0.1, 0.15) is 40.0 Å². The average molecular weight is 243 g/mol. The number of hydrogen-bond acceptors (Lipinski definition) is 3. The number of nitrogens with one attached hydrogen (secondary N) is 1. The van der Waals surface area contributed by atoms with E-state index in [0.717, 1.165) is 6.42 Å². The lowest BCUT2D eigenvalue weighted by atomic mass is 9.96. The normalized spacial score (nSPS) is 24.6. The third kappa shape index (κ3) is 4.34. The van der Waals surface area contributed by atoms with Gasteiger partial charge in [0.25, 0.3) is 0 Å². The first-order valence-corrected chi connectivity index (χ1v) is 5.97. The van der Waals surface area contributed by atoms with Crippen molar-refractivity contribution >= 4 is 11.9 Å². The molecule has 2 N–H and O–H groups in total. The summed E-state index contributed by atoms with van der Waals surface area (Å²) in [5.74, 6) is -0.756. The van der Waals surface area contributed by atoms with Gasteiger partial charge in [-0.1, -0.05) is 6.92 Å². The van der Waals surface area contributed by atoms with Crippen LogP contribution in [0.2, 0.25) is 0 Å². The van der Waals surface area contributed by atoms with Crippen LogP contribution < -0.4 is 5.32 Å². The van der Waals surface area contributed by atoms with Gasteiger partial charge in [0.1, 0.15) is 6.10 Å². The van der Waals surface area contributed by atoms with Crippen molar-refractivity contribution < 1.29 is 19.4 Å². The first-order valence-electron chi connectivity index (χ1n) is 5.97. The van der Waals surface area contributed by atoms with Crippen molar-refractivity contribution in [2.24, 2.45) is 5.92 Å². The third-order valence-corrected chi connectivity index (χ3v) is 3.07. The number of amides is 1. The molecule has 2 unspecified atom stereocenters. The molecule has 0 aliphatic carbocycles. The maximum atomic E-state index is 11.9. The van der Waals surface area contributed by atoms with Crippen LogP contribution >= 0.6 is 0 Å². The lowest BCUT2D eigenvalue weighted by Gasteiger charge is -2.28. The van der Waals surface area contributed by atoms with Gasteiger partial charge in [0, 0.05) is 18.6 Å². The number of aliphatic carboxylic acids is 1. The minimum Gasteiger partial charge on any atom is -0.481 e. The molecule has 0 radical (unpaired) electrons. The summed E-state index contributed by atoms with van der Waals surface area (Å²) >= 11 is 0. The van der Waals surface area contributed by atoms with Gasteiger partial charge in [0.05, 0.1) is 0 Å². The Morgan fingerprint density at radius 2 is 2.12 bits per heavy atom. The molecule has 1 heterocycles. The molecule has 0 aromatic heterocycles. The summed E-state index contributed by atoms with van der Waals surface area (Å²) in [7, 11) is 0. The lowest BCUT2D eigenvalue weighted by Crippen LogP contribution is -2.49. The fourth-order valence-corrected chi connectivity index (χ4v) is 1.92. The second kappa shape index (κ2) is 5.49. The Labute approximate surface area is 102 Å². The zero-order chi connectivity index (χ0) is 13.1. The number of rotatable bonds is 5. The predicted molar refractivity (Wildman–Crippen MR) is 62.6 cm³/mol. The van der Waals surface area contributed by atoms with Crippen molar-refractivity contribution in [2.75, 3.05) is 6.61 Å². The van der Waals surface area contributed by atoms with Crippen molar-refractivity contribution in [3.63, 3.8) is 0 Å². The van der Waals surface area contributed by atoms with E-state index in [1.807, 2.05) is 20.8 Å². The van der Waals surface area contributed by atoms with Crippen LogP contribution in [0.5, 0.6) is 0 Å². The SMILES string of the molecule is CC1CCOC1C(=O)NC(C)(C)CCC(=O)O. The number of carbonyl (C=O) groups is 2. The smallest absolute Gasteiger partial charge is 0.303 e. The highest BCUT2D eigenvalue weighted by molar-refractivity contribution is 5.82. The van der Waals surface area contributed by atoms with E-state index in [1.165, 1.54) is 0 Å². The fraction of sp³-hybridized carbons (Fsp3) is 0.833. The molecule has 1 rings (SSSR count). The minimum absolute atomic E-state index is 0.0500. The average Bonchev–Trinajstić information content (AvgIpc) is 2.61. The Hall–Kier alpha value is -1.10. The van der Waals surface area contributed by atoms with E-state index in [9.17, 15) is 9.59 Å². The molecule has 5 heteroatoms. The molecule has 1 aliphatic heterocycles. The number of carboxylic acids is 1. The summed E-state index contributed by atoms with van der Waals surface area (Å²) in [5, 5.41) is 11.5. The van der Waals surface area contributed by atoms with Crippen LogP contribution in [0.3, 0.4) is 0 Å². The number of ether oxygens (including phenoxy) is 1. The molecule has 0 saturated carbocycles. The Morgan fingerprint density at radius 3 is 2.59 bits per heavy atom. The number of carbonyl (C=O) groups excluding carboxylic acids is 1. The lowest BCUT2D eigenvalue weighted by molar-refractivity contribution is -0.138. The quantitative estimate of drug-likeness (QED) is 0.760. The summed E-state index contributed by atoms with van der Waals surface area (Å²) < 4.78 is 5.37. The van der Waals surface area contributed by atoms with Gasteiger partial charge in [-0.25, -0.2) is 0 Å². The van der Waals surface area contributed by atoms with Gasteiger partial charge in [-0.2, -0.15) is 0 Å². The highest BCUT2D eigenvalue weighted by atomic mass is 16.5. The van der Waals surface area contributed by atoms with Gasteiger partial charge in [0.2, 0.25) is 5.91 Å². The van der Waals surface area contributed by atoms with Crippen molar-refractivity contribution in [3.05, 3.63) is 0 Å². The molecule has 0 aromatic carbocycles. The Kier molecular flexibility index (Phi) is 4.51. The van der Waals surface area contributed by atoms with E-state index in [2.05, 4.69) is 5.32 Å². The molecule has 5 nitrogen and oxygen atoms in total. The molecular weight excluding hydrogens is 222 g/mol. The standard InChI is InChI=1S/C12H21NO4/c1-8-5-7-17-10(8)11(16)13-12(2,3)6-4-9(14)15/h8,10H,4-7H2,1-3H3,(H,13,16)(H,14,15). The van der Waals surface area contributed by atoms with E-state index < -0.39 is 11.5 Å². The van der Waals surface area contributed by atoms with Crippen LogP contribution in [-0.4, -0.2) is 35.2 Å². The number of hydrogen-bond donors (Lipinski definition) is 2. The highest BCUT2D eigenvalue weighted by Gasteiger charge is 2.33. The molecule has 0 bridgehead atoms. The van der Waals surface area contributed by atoms with Crippen LogP contribution in [0.25, 0.3) is 0 Å². The van der Waals surface area contributed by atoms with Crippen LogP contribution in [-0.2, 0) is 14.3 Å². The molecule has 98 valence electrons. The van der Waals surface area contributed by atoms with Gasteiger partial charge in [-0.05, 0) is 32.6 Å². The molecule has 17 heavy (non-hydrogen) atoms. The molecule has 1 fully saturated rings. The van der Waals surface area contributed by atoms with Crippen molar-refractivity contribution in [1.29, 1.82) is 0 Å². The number of carboxylic acid groups (broad SMARTS) is 1.